The van der Waals surface area contributed by atoms with Gasteiger partial charge in [-0.1, -0.05) is 0 Å². The SMILES string of the molecule is Nc1cncnc1Nc1cc(F)cc(F)c1F. The Morgan fingerprint density at radius 2 is 1.94 bits per heavy atom. The molecule has 0 saturated carbocycles. The van der Waals surface area contributed by atoms with Crippen LogP contribution in [0.25, 0.3) is 0 Å². The van der Waals surface area contributed by atoms with Gasteiger partial charge in [0.05, 0.1) is 17.6 Å². The predicted octanol–water partition coefficient (Wildman–Crippen LogP) is 2.22. The molecule has 1 aromatic carbocycles. The number of nitrogens with zero attached hydrogens (tertiary/aromatic N) is 2. The van der Waals surface area contributed by atoms with Crippen molar-refractivity contribution in [3.05, 3.63) is 42.1 Å². The third-order valence-corrected chi connectivity index (χ3v) is 1.99. The highest BCUT2D eigenvalue weighted by molar-refractivity contribution is 5.67. The van der Waals surface area contributed by atoms with Gasteiger partial charge in [-0.3, -0.25) is 0 Å². The molecule has 88 valence electrons. The first-order valence-electron chi connectivity index (χ1n) is 4.55. The molecule has 2 rings (SSSR count). The first-order valence-corrected chi connectivity index (χ1v) is 4.55. The summed E-state index contributed by atoms with van der Waals surface area (Å²) in [6, 6.07) is 1.25. The molecule has 3 N–H and O–H groups in total. The molecule has 0 atom stereocenters. The van der Waals surface area contributed by atoms with Gasteiger partial charge in [-0.25, -0.2) is 23.1 Å². The van der Waals surface area contributed by atoms with Gasteiger partial charge in [-0.15, -0.1) is 0 Å². The van der Waals surface area contributed by atoms with Crippen molar-refractivity contribution in [3.63, 3.8) is 0 Å². The van der Waals surface area contributed by atoms with Gasteiger partial charge in [-0.2, -0.15) is 0 Å². The smallest absolute Gasteiger partial charge is 0.182 e. The minimum atomic E-state index is -1.29. The third kappa shape index (κ3) is 2.27. The number of nitrogens with two attached hydrogens (primary N) is 1. The molecule has 1 heterocycles. The van der Waals surface area contributed by atoms with Crippen molar-refractivity contribution in [1.82, 2.24) is 9.97 Å². The summed E-state index contributed by atoms with van der Waals surface area (Å²) in [5.41, 5.74) is 5.25. The number of aromatic nitrogens is 2. The Balaban J connectivity index is 2.40. The lowest BCUT2D eigenvalue weighted by molar-refractivity contribution is 0.498. The van der Waals surface area contributed by atoms with Gasteiger partial charge in [-0.05, 0) is 0 Å². The van der Waals surface area contributed by atoms with E-state index in [1.54, 1.807) is 0 Å². The number of nitrogens with one attached hydrogen (secondary N) is 1. The number of anilines is 3. The summed E-state index contributed by atoms with van der Waals surface area (Å²) in [7, 11) is 0. The molecule has 0 amide bonds. The first-order chi connectivity index (χ1) is 8.08. The summed E-state index contributed by atoms with van der Waals surface area (Å²) in [5, 5.41) is 2.39. The largest absolute Gasteiger partial charge is 0.394 e. The molecular formula is C10H7F3N4. The van der Waals surface area contributed by atoms with Crippen LogP contribution in [0.3, 0.4) is 0 Å². The van der Waals surface area contributed by atoms with Crippen LogP contribution in [0.1, 0.15) is 0 Å². The van der Waals surface area contributed by atoms with E-state index >= 15 is 0 Å². The number of rotatable bonds is 2. The number of hydrogen-bond acceptors (Lipinski definition) is 4. The van der Waals surface area contributed by atoms with E-state index in [1.807, 2.05) is 0 Å². The zero-order valence-corrected chi connectivity index (χ0v) is 8.42. The maximum absolute atomic E-state index is 13.3. The van der Waals surface area contributed by atoms with Crippen molar-refractivity contribution in [2.75, 3.05) is 11.1 Å². The average molecular weight is 240 g/mol. The molecular weight excluding hydrogens is 233 g/mol. The molecule has 0 unspecified atom stereocenters. The van der Waals surface area contributed by atoms with Crippen molar-refractivity contribution in [3.8, 4) is 0 Å². The lowest BCUT2D eigenvalue weighted by Crippen LogP contribution is -2.03. The van der Waals surface area contributed by atoms with E-state index in [4.69, 9.17) is 5.73 Å². The molecule has 0 aliphatic heterocycles. The zero-order valence-electron chi connectivity index (χ0n) is 8.42. The van der Waals surface area contributed by atoms with Crippen molar-refractivity contribution in [1.29, 1.82) is 0 Å². The van der Waals surface area contributed by atoms with Crippen LogP contribution in [0.2, 0.25) is 0 Å². The van der Waals surface area contributed by atoms with Crippen molar-refractivity contribution < 1.29 is 13.2 Å². The van der Waals surface area contributed by atoms with Crippen LogP contribution < -0.4 is 11.1 Å². The minimum absolute atomic E-state index is 0.0731. The third-order valence-electron chi connectivity index (χ3n) is 1.99. The molecule has 4 nitrogen and oxygen atoms in total. The molecule has 17 heavy (non-hydrogen) atoms. The van der Waals surface area contributed by atoms with E-state index in [-0.39, 0.29) is 17.2 Å². The van der Waals surface area contributed by atoms with Gasteiger partial charge in [0, 0.05) is 12.1 Å². The molecule has 0 saturated heterocycles. The molecule has 0 aliphatic carbocycles. The Kier molecular flexibility index (Phi) is 2.82. The second-order valence-electron chi connectivity index (χ2n) is 3.20. The van der Waals surface area contributed by atoms with E-state index in [0.29, 0.717) is 6.07 Å². The molecule has 0 fully saturated rings. The van der Waals surface area contributed by atoms with Crippen LogP contribution in [0.15, 0.2) is 24.7 Å². The molecule has 0 bridgehead atoms. The summed E-state index contributed by atoms with van der Waals surface area (Å²) in [4.78, 5) is 7.34. The van der Waals surface area contributed by atoms with E-state index in [0.717, 1.165) is 6.07 Å². The fourth-order valence-electron chi connectivity index (χ4n) is 1.22. The second kappa shape index (κ2) is 4.28. The first kappa shape index (κ1) is 11.2. The highest BCUT2D eigenvalue weighted by Gasteiger charge is 2.12. The van der Waals surface area contributed by atoms with Gasteiger partial charge in [0.15, 0.2) is 17.5 Å². The quantitative estimate of drug-likeness (QED) is 0.790. The molecule has 0 aliphatic rings. The highest BCUT2D eigenvalue weighted by Crippen LogP contribution is 2.24. The summed E-state index contributed by atoms with van der Waals surface area (Å²) < 4.78 is 39.1. The monoisotopic (exact) mass is 240 g/mol. The van der Waals surface area contributed by atoms with Gasteiger partial charge < -0.3 is 11.1 Å². The van der Waals surface area contributed by atoms with Crippen molar-refractivity contribution >= 4 is 17.2 Å². The van der Waals surface area contributed by atoms with Crippen LogP contribution in [-0.4, -0.2) is 9.97 Å². The van der Waals surface area contributed by atoms with Gasteiger partial charge in [0.25, 0.3) is 0 Å². The second-order valence-corrected chi connectivity index (χ2v) is 3.20. The predicted molar refractivity (Wildman–Crippen MR) is 56.0 cm³/mol. The lowest BCUT2D eigenvalue weighted by atomic mass is 10.2. The van der Waals surface area contributed by atoms with E-state index in [2.05, 4.69) is 15.3 Å². The molecule has 1 aromatic heterocycles. The number of nitrogen functional groups attached to an aromatic ring is 1. The number of benzene rings is 1. The highest BCUT2D eigenvalue weighted by atomic mass is 19.2. The Bertz CT molecular complexity index is 559. The maximum atomic E-state index is 13.3. The van der Waals surface area contributed by atoms with Crippen LogP contribution in [0.4, 0.5) is 30.4 Å². The van der Waals surface area contributed by atoms with E-state index < -0.39 is 17.5 Å². The molecule has 0 spiro atoms. The zero-order chi connectivity index (χ0) is 12.4. The summed E-state index contributed by atoms with van der Waals surface area (Å²) >= 11 is 0. The summed E-state index contributed by atoms with van der Waals surface area (Å²) in [6.07, 6.45) is 2.45. The topological polar surface area (TPSA) is 63.8 Å². The fraction of sp³-hybridized carbons (Fsp3) is 0. The van der Waals surface area contributed by atoms with Gasteiger partial charge >= 0.3 is 0 Å². The van der Waals surface area contributed by atoms with E-state index in [9.17, 15) is 13.2 Å². The Morgan fingerprint density at radius 1 is 1.18 bits per heavy atom. The van der Waals surface area contributed by atoms with Gasteiger partial charge in [0.1, 0.15) is 12.1 Å². The molecule has 7 heteroatoms. The molecule has 0 radical (unpaired) electrons. The Morgan fingerprint density at radius 3 is 2.65 bits per heavy atom. The fourth-order valence-corrected chi connectivity index (χ4v) is 1.22. The molecule has 2 aromatic rings. The van der Waals surface area contributed by atoms with Crippen LogP contribution in [-0.2, 0) is 0 Å². The lowest BCUT2D eigenvalue weighted by Gasteiger charge is -2.08. The van der Waals surface area contributed by atoms with Crippen LogP contribution >= 0.6 is 0 Å². The van der Waals surface area contributed by atoms with Crippen LogP contribution in [0.5, 0.6) is 0 Å². The van der Waals surface area contributed by atoms with E-state index in [1.165, 1.54) is 12.5 Å². The van der Waals surface area contributed by atoms with Gasteiger partial charge in [0.2, 0.25) is 0 Å². The average Bonchev–Trinajstić information content (AvgIpc) is 2.28. The summed E-state index contributed by atoms with van der Waals surface area (Å²) in [5.74, 6) is -3.33. The van der Waals surface area contributed by atoms with Crippen molar-refractivity contribution in [2.24, 2.45) is 0 Å². The minimum Gasteiger partial charge on any atom is -0.394 e. The Labute approximate surface area is 94.3 Å². The number of hydrogen-bond donors (Lipinski definition) is 2. The normalized spacial score (nSPS) is 10.3. The maximum Gasteiger partial charge on any atom is 0.182 e. The number of halogens is 3. The Hall–Kier alpha value is -2.31. The summed E-state index contributed by atoms with van der Waals surface area (Å²) in [6.45, 7) is 0. The van der Waals surface area contributed by atoms with Crippen LogP contribution in [0, 0.1) is 17.5 Å². The van der Waals surface area contributed by atoms with Crippen molar-refractivity contribution in [2.45, 2.75) is 0 Å². The standard InChI is InChI=1S/C10H7F3N4/c11-5-1-6(12)9(13)8(2-5)17-10-7(14)3-15-4-16-10/h1-4H,14H2,(H,15,16,17).